The van der Waals surface area contributed by atoms with E-state index in [2.05, 4.69) is 18.7 Å². The van der Waals surface area contributed by atoms with Gasteiger partial charge in [0.1, 0.15) is 0 Å². The fraction of sp³-hybridized carbons (Fsp3) is 0.538. The lowest BCUT2D eigenvalue weighted by Gasteiger charge is -2.21. The number of anilines is 2. The molecule has 2 N–H and O–H groups in total. The first-order valence-electron chi connectivity index (χ1n) is 5.84. The van der Waals surface area contributed by atoms with Crippen molar-refractivity contribution in [3.8, 4) is 0 Å². The highest BCUT2D eigenvalue weighted by atomic mass is 35.5. The third kappa shape index (κ3) is 4.84. The molecule has 3 nitrogen and oxygen atoms in total. The molecular formula is C13H21ClN2O. The Hall–Kier alpha value is -0.930. The van der Waals surface area contributed by atoms with Crippen LogP contribution in [0, 0.1) is 5.92 Å². The highest BCUT2D eigenvalue weighted by Crippen LogP contribution is 2.25. The number of nitrogens with zero attached hydrogens (tertiary/aromatic N) is 1. The Morgan fingerprint density at radius 1 is 1.41 bits per heavy atom. The Bertz CT molecular complexity index is 355. The van der Waals surface area contributed by atoms with Crippen molar-refractivity contribution in [3.05, 3.63) is 23.2 Å². The van der Waals surface area contributed by atoms with Crippen LogP contribution < -0.4 is 10.6 Å². The van der Waals surface area contributed by atoms with Crippen LogP contribution in [-0.4, -0.2) is 26.8 Å². The number of rotatable bonds is 6. The van der Waals surface area contributed by atoms with Crippen molar-refractivity contribution >= 4 is 23.0 Å². The fourth-order valence-corrected chi connectivity index (χ4v) is 1.65. The van der Waals surface area contributed by atoms with E-state index in [9.17, 15) is 0 Å². The van der Waals surface area contributed by atoms with Crippen LogP contribution in [0.4, 0.5) is 11.4 Å². The molecule has 0 saturated carbocycles. The molecule has 0 spiro atoms. The second-order valence-corrected chi connectivity index (χ2v) is 5.03. The molecule has 0 bridgehead atoms. The van der Waals surface area contributed by atoms with Crippen LogP contribution in [0.3, 0.4) is 0 Å². The Labute approximate surface area is 109 Å². The number of hydrogen-bond acceptors (Lipinski definition) is 3. The second kappa shape index (κ2) is 6.72. The van der Waals surface area contributed by atoms with Gasteiger partial charge in [0, 0.05) is 25.2 Å². The normalized spacial score (nSPS) is 10.9. The third-order valence-electron chi connectivity index (χ3n) is 2.43. The minimum absolute atomic E-state index is 0.566. The van der Waals surface area contributed by atoms with E-state index in [1.165, 1.54) is 0 Å². The van der Waals surface area contributed by atoms with E-state index < -0.39 is 0 Å². The number of ether oxygens (including phenoxy) is 1. The van der Waals surface area contributed by atoms with Crippen molar-refractivity contribution in [2.24, 2.45) is 5.92 Å². The minimum Gasteiger partial charge on any atom is -0.397 e. The van der Waals surface area contributed by atoms with Crippen molar-refractivity contribution in [1.29, 1.82) is 0 Å². The van der Waals surface area contributed by atoms with Crippen LogP contribution in [0.1, 0.15) is 13.8 Å². The first kappa shape index (κ1) is 14.1. The molecule has 0 atom stereocenters. The van der Waals surface area contributed by atoms with Gasteiger partial charge in [-0.05, 0) is 24.1 Å². The number of likely N-dealkylation sites (N-methyl/N-ethyl adjacent to an activating group) is 1. The van der Waals surface area contributed by atoms with E-state index in [1.54, 1.807) is 6.07 Å². The molecule has 1 aromatic carbocycles. The molecule has 0 saturated heterocycles. The Balaban J connectivity index is 2.46. The standard InChI is InChI=1S/C13H21ClN2O/c1-10(2)9-17-7-6-16(3)13-8-11(14)4-5-12(13)15/h4-5,8,10H,6-7,9,15H2,1-3H3. The van der Waals surface area contributed by atoms with Crippen molar-refractivity contribution < 1.29 is 4.74 Å². The largest absolute Gasteiger partial charge is 0.397 e. The van der Waals surface area contributed by atoms with Crippen LogP contribution in [-0.2, 0) is 4.74 Å². The summed E-state index contributed by atoms with van der Waals surface area (Å²) in [6.07, 6.45) is 0. The van der Waals surface area contributed by atoms with Gasteiger partial charge < -0.3 is 15.4 Å². The van der Waals surface area contributed by atoms with Gasteiger partial charge >= 0.3 is 0 Å². The number of nitrogens with two attached hydrogens (primary N) is 1. The molecule has 0 aliphatic carbocycles. The van der Waals surface area contributed by atoms with Crippen molar-refractivity contribution in [3.63, 3.8) is 0 Å². The van der Waals surface area contributed by atoms with Crippen LogP contribution in [0.25, 0.3) is 0 Å². The van der Waals surface area contributed by atoms with Crippen LogP contribution in [0.5, 0.6) is 0 Å². The van der Waals surface area contributed by atoms with E-state index in [4.69, 9.17) is 22.1 Å². The quantitative estimate of drug-likeness (QED) is 0.628. The molecule has 96 valence electrons. The molecule has 0 aliphatic rings. The SMILES string of the molecule is CC(C)COCCN(C)c1cc(Cl)ccc1N. The zero-order chi connectivity index (χ0) is 12.8. The van der Waals surface area contributed by atoms with E-state index in [-0.39, 0.29) is 0 Å². The lowest BCUT2D eigenvalue weighted by Crippen LogP contribution is -2.24. The van der Waals surface area contributed by atoms with Crippen LogP contribution >= 0.6 is 11.6 Å². The average molecular weight is 257 g/mol. The van der Waals surface area contributed by atoms with Gasteiger partial charge in [0.25, 0.3) is 0 Å². The first-order chi connectivity index (χ1) is 8.00. The molecule has 0 amide bonds. The maximum absolute atomic E-state index is 5.95. The average Bonchev–Trinajstić information content (AvgIpc) is 2.27. The monoisotopic (exact) mass is 256 g/mol. The first-order valence-corrected chi connectivity index (χ1v) is 6.22. The summed E-state index contributed by atoms with van der Waals surface area (Å²) < 4.78 is 5.54. The summed E-state index contributed by atoms with van der Waals surface area (Å²) in [5, 5.41) is 0.698. The Kier molecular flexibility index (Phi) is 5.59. The van der Waals surface area contributed by atoms with Gasteiger partial charge in [-0.15, -0.1) is 0 Å². The highest BCUT2D eigenvalue weighted by Gasteiger charge is 2.06. The van der Waals surface area contributed by atoms with Gasteiger partial charge in [0.2, 0.25) is 0 Å². The van der Waals surface area contributed by atoms with E-state index in [0.717, 1.165) is 24.5 Å². The highest BCUT2D eigenvalue weighted by molar-refractivity contribution is 6.31. The summed E-state index contributed by atoms with van der Waals surface area (Å²) in [6, 6.07) is 5.49. The van der Waals surface area contributed by atoms with Gasteiger partial charge in [-0.25, -0.2) is 0 Å². The summed E-state index contributed by atoms with van der Waals surface area (Å²) in [7, 11) is 1.99. The van der Waals surface area contributed by atoms with Gasteiger partial charge in [-0.1, -0.05) is 25.4 Å². The van der Waals surface area contributed by atoms with Crippen molar-refractivity contribution in [1.82, 2.24) is 0 Å². The number of halogens is 1. The topological polar surface area (TPSA) is 38.5 Å². The molecule has 0 heterocycles. The lowest BCUT2D eigenvalue weighted by molar-refractivity contribution is 0.116. The van der Waals surface area contributed by atoms with Gasteiger partial charge in [-0.2, -0.15) is 0 Å². The van der Waals surface area contributed by atoms with Crippen molar-refractivity contribution in [2.75, 3.05) is 37.4 Å². The molecule has 0 aromatic heterocycles. The number of nitrogen functional groups attached to an aromatic ring is 1. The molecule has 1 aromatic rings. The predicted octanol–water partition coefficient (Wildman–Crippen LogP) is 3.03. The maximum atomic E-state index is 5.95. The smallest absolute Gasteiger partial charge is 0.0641 e. The molecule has 0 fully saturated rings. The van der Waals surface area contributed by atoms with Gasteiger partial charge in [0.05, 0.1) is 18.0 Å². The third-order valence-corrected chi connectivity index (χ3v) is 2.66. The van der Waals surface area contributed by atoms with Crippen molar-refractivity contribution in [2.45, 2.75) is 13.8 Å². The molecular weight excluding hydrogens is 236 g/mol. The summed E-state index contributed by atoms with van der Waals surface area (Å²) in [5.41, 5.74) is 7.59. The number of hydrogen-bond donors (Lipinski definition) is 1. The Morgan fingerprint density at radius 2 is 2.12 bits per heavy atom. The molecule has 0 radical (unpaired) electrons. The maximum Gasteiger partial charge on any atom is 0.0641 e. The van der Waals surface area contributed by atoms with Crippen LogP contribution in [0.15, 0.2) is 18.2 Å². The summed E-state index contributed by atoms with van der Waals surface area (Å²) in [4.78, 5) is 2.06. The lowest BCUT2D eigenvalue weighted by atomic mass is 10.2. The predicted molar refractivity (Wildman–Crippen MR) is 74.8 cm³/mol. The molecule has 1 rings (SSSR count). The van der Waals surface area contributed by atoms with E-state index in [1.807, 2.05) is 19.2 Å². The molecule has 17 heavy (non-hydrogen) atoms. The molecule has 0 unspecified atom stereocenters. The summed E-state index contributed by atoms with van der Waals surface area (Å²) in [6.45, 7) is 6.56. The summed E-state index contributed by atoms with van der Waals surface area (Å²) >= 11 is 5.95. The fourth-order valence-electron chi connectivity index (χ4n) is 1.49. The molecule has 0 aliphatic heterocycles. The number of benzene rings is 1. The Morgan fingerprint density at radius 3 is 2.76 bits per heavy atom. The zero-order valence-electron chi connectivity index (χ0n) is 10.7. The minimum atomic E-state index is 0.566. The van der Waals surface area contributed by atoms with Crippen LogP contribution in [0.2, 0.25) is 5.02 Å². The second-order valence-electron chi connectivity index (χ2n) is 4.59. The summed E-state index contributed by atoms with van der Waals surface area (Å²) in [5.74, 6) is 0.566. The zero-order valence-corrected chi connectivity index (χ0v) is 11.5. The molecule has 4 heteroatoms. The van der Waals surface area contributed by atoms with E-state index in [0.29, 0.717) is 17.5 Å². The van der Waals surface area contributed by atoms with E-state index >= 15 is 0 Å². The van der Waals surface area contributed by atoms with Gasteiger partial charge in [0.15, 0.2) is 0 Å². The van der Waals surface area contributed by atoms with Gasteiger partial charge in [-0.3, -0.25) is 0 Å².